The first-order chi connectivity index (χ1) is 11.7. The van der Waals surface area contributed by atoms with Crippen molar-refractivity contribution in [1.29, 1.82) is 0 Å². The number of aliphatic imine (C=N–C) groups is 1. The van der Waals surface area contributed by atoms with Crippen LogP contribution in [0.4, 0.5) is 4.39 Å². The summed E-state index contributed by atoms with van der Waals surface area (Å²) in [4.78, 5) is 4.20. The minimum absolute atomic E-state index is 0. The Labute approximate surface area is 165 Å². The van der Waals surface area contributed by atoms with E-state index in [-0.39, 0.29) is 29.8 Å². The van der Waals surface area contributed by atoms with Gasteiger partial charge in [0.2, 0.25) is 0 Å². The van der Waals surface area contributed by atoms with Gasteiger partial charge in [-0.15, -0.1) is 24.0 Å². The maximum Gasteiger partial charge on any atom is 0.191 e. The summed E-state index contributed by atoms with van der Waals surface area (Å²) in [6.07, 6.45) is 2.04. The highest BCUT2D eigenvalue weighted by Gasteiger charge is 2.11. The Hall–Kier alpha value is -1.35. The highest BCUT2D eigenvalue weighted by Crippen LogP contribution is 2.25. The van der Waals surface area contributed by atoms with Gasteiger partial charge < -0.3 is 19.8 Å². The second kappa shape index (κ2) is 11.3. The fraction of sp³-hybridized carbons (Fsp3) is 0.500. The van der Waals surface area contributed by atoms with Gasteiger partial charge in [-0.25, -0.2) is 4.39 Å². The molecule has 0 radical (unpaired) electrons. The molecule has 1 heterocycles. The Balaban J connectivity index is 0.00000312. The van der Waals surface area contributed by atoms with Crippen molar-refractivity contribution in [3.05, 3.63) is 35.3 Å². The minimum Gasteiger partial charge on any atom is -0.459 e. The zero-order valence-electron chi connectivity index (χ0n) is 15.0. The molecule has 140 valence electrons. The highest BCUT2D eigenvalue weighted by atomic mass is 127. The molecule has 7 heteroatoms. The van der Waals surface area contributed by atoms with E-state index in [2.05, 4.69) is 15.6 Å². The number of rotatable bonds is 8. The van der Waals surface area contributed by atoms with Gasteiger partial charge >= 0.3 is 0 Å². The van der Waals surface area contributed by atoms with Crippen LogP contribution in [0.5, 0.6) is 0 Å². The summed E-state index contributed by atoms with van der Waals surface area (Å²) in [6.45, 7) is 6.82. The van der Waals surface area contributed by atoms with E-state index >= 15 is 0 Å². The molecule has 2 aromatic rings. The summed E-state index contributed by atoms with van der Waals surface area (Å²) in [5, 5.41) is 7.30. The molecule has 0 unspecified atom stereocenters. The van der Waals surface area contributed by atoms with E-state index in [1.165, 1.54) is 12.1 Å². The molecule has 0 amide bonds. The molecule has 1 aromatic heterocycles. The largest absolute Gasteiger partial charge is 0.459 e. The van der Waals surface area contributed by atoms with Crippen molar-refractivity contribution >= 4 is 40.9 Å². The molecule has 0 fully saturated rings. The van der Waals surface area contributed by atoms with Crippen LogP contribution in [-0.4, -0.2) is 32.8 Å². The zero-order valence-corrected chi connectivity index (χ0v) is 17.4. The number of hydrogen-bond donors (Lipinski definition) is 2. The third kappa shape index (κ3) is 6.47. The normalized spacial score (nSPS) is 11.4. The third-order valence-electron chi connectivity index (χ3n) is 3.85. The molecule has 25 heavy (non-hydrogen) atoms. The van der Waals surface area contributed by atoms with E-state index in [0.29, 0.717) is 12.1 Å². The number of benzene rings is 1. The van der Waals surface area contributed by atoms with Crippen molar-refractivity contribution in [1.82, 2.24) is 10.6 Å². The summed E-state index contributed by atoms with van der Waals surface area (Å²) in [5.41, 5.74) is 1.65. The number of hydrogen-bond acceptors (Lipinski definition) is 3. The summed E-state index contributed by atoms with van der Waals surface area (Å²) in [6, 6.07) is 4.57. The lowest BCUT2D eigenvalue weighted by molar-refractivity contribution is 0.143. The molecule has 0 aliphatic rings. The minimum atomic E-state index is -0.254. The SMILES string of the molecule is CCOCCCCNC(=NC)NCc1oc2ccc(F)cc2c1C.I. The fourth-order valence-corrected chi connectivity index (χ4v) is 2.48. The monoisotopic (exact) mass is 463 g/mol. The van der Waals surface area contributed by atoms with Crippen LogP contribution in [0.1, 0.15) is 31.1 Å². The van der Waals surface area contributed by atoms with E-state index < -0.39 is 0 Å². The number of nitrogens with zero attached hydrogens (tertiary/aromatic N) is 1. The van der Waals surface area contributed by atoms with E-state index in [9.17, 15) is 4.39 Å². The molecule has 2 N–H and O–H groups in total. The molecule has 0 aliphatic carbocycles. The molecule has 2 rings (SSSR count). The van der Waals surface area contributed by atoms with Gasteiger partial charge in [-0.2, -0.15) is 0 Å². The van der Waals surface area contributed by atoms with E-state index in [1.807, 2.05) is 13.8 Å². The first-order valence-electron chi connectivity index (χ1n) is 8.35. The lowest BCUT2D eigenvalue weighted by Gasteiger charge is -2.11. The lowest BCUT2D eigenvalue weighted by Crippen LogP contribution is -2.37. The molecular formula is C18H27FIN3O2. The fourth-order valence-electron chi connectivity index (χ4n) is 2.48. The number of guanidine groups is 1. The molecule has 0 saturated heterocycles. The van der Waals surface area contributed by atoms with Crippen LogP contribution in [-0.2, 0) is 11.3 Å². The molecule has 0 aliphatic heterocycles. The number of furan rings is 1. The number of ether oxygens (including phenoxy) is 1. The number of nitrogens with one attached hydrogen (secondary N) is 2. The highest BCUT2D eigenvalue weighted by molar-refractivity contribution is 14.0. The van der Waals surface area contributed by atoms with Gasteiger partial charge in [0, 0.05) is 37.8 Å². The summed E-state index contributed by atoms with van der Waals surface area (Å²) >= 11 is 0. The number of fused-ring (bicyclic) bond motifs is 1. The molecule has 0 spiro atoms. The second-order valence-electron chi connectivity index (χ2n) is 5.55. The standard InChI is InChI=1S/C18H26FN3O2.HI/c1-4-23-10-6-5-9-21-18(20-3)22-12-17-13(2)15-11-14(19)7-8-16(15)24-17;/h7-8,11H,4-6,9-10,12H2,1-3H3,(H2,20,21,22);1H. The average molecular weight is 463 g/mol. The topological polar surface area (TPSA) is 58.8 Å². The van der Waals surface area contributed by atoms with E-state index in [1.54, 1.807) is 13.1 Å². The molecule has 0 bridgehead atoms. The second-order valence-corrected chi connectivity index (χ2v) is 5.55. The van der Waals surface area contributed by atoms with Crippen LogP contribution < -0.4 is 10.6 Å². The van der Waals surface area contributed by atoms with Gasteiger partial charge in [0.15, 0.2) is 5.96 Å². The molecule has 5 nitrogen and oxygen atoms in total. The number of unbranched alkanes of at least 4 members (excludes halogenated alkanes) is 1. The van der Waals surface area contributed by atoms with Crippen molar-refractivity contribution in [3.63, 3.8) is 0 Å². The summed E-state index contributed by atoms with van der Waals surface area (Å²) in [5.74, 6) is 1.25. The zero-order chi connectivity index (χ0) is 17.4. The van der Waals surface area contributed by atoms with Crippen molar-refractivity contribution < 1.29 is 13.5 Å². The van der Waals surface area contributed by atoms with Crippen molar-refractivity contribution in [3.8, 4) is 0 Å². The number of halogens is 2. The van der Waals surface area contributed by atoms with Crippen LogP contribution in [0.15, 0.2) is 27.6 Å². The molecule has 1 aromatic carbocycles. The third-order valence-corrected chi connectivity index (χ3v) is 3.85. The van der Waals surface area contributed by atoms with E-state index in [4.69, 9.17) is 9.15 Å². The number of aryl methyl sites for hydroxylation is 1. The Bertz CT molecular complexity index is 688. The Kier molecular flexibility index (Phi) is 9.81. The van der Waals surface area contributed by atoms with Crippen LogP contribution in [0.2, 0.25) is 0 Å². The van der Waals surface area contributed by atoms with Crippen LogP contribution in [0.25, 0.3) is 11.0 Å². The molecule has 0 saturated carbocycles. The lowest BCUT2D eigenvalue weighted by atomic mass is 10.1. The summed E-state index contributed by atoms with van der Waals surface area (Å²) in [7, 11) is 1.73. The predicted octanol–water partition coefficient (Wildman–Crippen LogP) is 3.98. The smallest absolute Gasteiger partial charge is 0.191 e. The molecule has 0 atom stereocenters. The van der Waals surface area contributed by atoms with Crippen molar-refractivity contribution in [2.24, 2.45) is 4.99 Å². The maximum absolute atomic E-state index is 13.3. The van der Waals surface area contributed by atoms with Gasteiger partial charge in [-0.1, -0.05) is 0 Å². The first kappa shape index (κ1) is 21.7. The van der Waals surface area contributed by atoms with Gasteiger partial charge in [-0.05, 0) is 44.9 Å². The van der Waals surface area contributed by atoms with Crippen LogP contribution >= 0.6 is 24.0 Å². The van der Waals surface area contributed by atoms with Gasteiger partial charge in [0.25, 0.3) is 0 Å². The average Bonchev–Trinajstić information content (AvgIpc) is 2.89. The molecular weight excluding hydrogens is 436 g/mol. The van der Waals surface area contributed by atoms with E-state index in [0.717, 1.165) is 55.3 Å². The van der Waals surface area contributed by atoms with Crippen molar-refractivity contribution in [2.75, 3.05) is 26.8 Å². The summed E-state index contributed by atoms with van der Waals surface area (Å²) < 4.78 is 24.4. The van der Waals surface area contributed by atoms with Crippen LogP contribution in [0, 0.1) is 12.7 Å². The predicted molar refractivity (Wildman–Crippen MR) is 110 cm³/mol. The first-order valence-corrected chi connectivity index (χ1v) is 8.35. The Morgan fingerprint density at radius 1 is 1.28 bits per heavy atom. The van der Waals surface area contributed by atoms with Gasteiger partial charge in [-0.3, -0.25) is 4.99 Å². The Morgan fingerprint density at radius 3 is 2.80 bits per heavy atom. The quantitative estimate of drug-likeness (QED) is 0.269. The van der Waals surface area contributed by atoms with Gasteiger partial charge in [0.05, 0.1) is 6.54 Å². The van der Waals surface area contributed by atoms with Crippen molar-refractivity contribution in [2.45, 2.75) is 33.2 Å². The maximum atomic E-state index is 13.3. The van der Waals surface area contributed by atoms with Gasteiger partial charge in [0.1, 0.15) is 17.2 Å². The Morgan fingerprint density at radius 2 is 2.08 bits per heavy atom. The van der Waals surface area contributed by atoms with Crippen LogP contribution in [0.3, 0.4) is 0 Å².